The predicted octanol–water partition coefficient (Wildman–Crippen LogP) is 6.04. The van der Waals surface area contributed by atoms with Crippen LogP contribution in [0.2, 0.25) is 0 Å². The number of aromatic hydroxyl groups is 3. The molecule has 0 radical (unpaired) electrons. The second-order valence-corrected chi connectivity index (χ2v) is 9.61. The zero-order chi connectivity index (χ0) is 30.4. The van der Waals surface area contributed by atoms with Crippen molar-refractivity contribution in [3.05, 3.63) is 93.2 Å². The van der Waals surface area contributed by atoms with Crippen LogP contribution in [0.25, 0.3) is 55.7 Å². The minimum Gasteiger partial charge on any atom is -0.508 e. The maximum Gasteiger partial charge on any atom is 0.197 e. The van der Waals surface area contributed by atoms with Crippen molar-refractivity contribution in [2.24, 2.45) is 0 Å². The molecule has 0 aliphatic carbocycles. The van der Waals surface area contributed by atoms with Gasteiger partial charge in [0.25, 0.3) is 0 Å². The van der Waals surface area contributed by atoms with Gasteiger partial charge in [0, 0.05) is 47.0 Å². The van der Waals surface area contributed by atoms with Crippen LogP contribution in [0.1, 0.15) is 0 Å². The Hall–Kier alpha value is -5.90. The van der Waals surface area contributed by atoms with Gasteiger partial charge in [-0.1, -0.05) is 0 Å². The van der Waals surface area contributed by atoms with Gasteiger partial charge in [0.1, 0.15) is 68.0 Å². The maximum atomic E-state index is 13.3. The number of ether oxygens (including phenoxy) is 3. The molecule has 43 heavy (non-hydrogen) atoms. The van der Waals surface area contributed by atoms with Crippen molar-refractivity contribution in [2.45, 2.75) is 0 Å². The van der Waals surface area contributed by atoms with E-state index >= 15 is 0 Å². The summed E-state index contributed by atoms with van der Waals surface area (Å²) >= 11 is 0. The van der Waals surface area contributed by atoms with Crippen LogP contribution in [0, 0.1) is 0 Å². The molecule has 10 heteroatoms. The molecule has 2 heterocycles. The predicted molar refractivity (Wildman–Crippen MR) is 159 cm³/mol. The standard InChI is InChI=1S/C33H24O10/c1-39-19-11-21(35)31-22(36)13-26(43-28(31)12-19)17-6-9-24(40-2)20(10-17)30-27(41-3)15-29-32(33(30)38)23(37)14-25(42-29)16-4-7-18(34)8-5-16/h4-15,34-35,38H,1-3H3. The number of fused-ring (bicyclic) bond motifs is 2. The van der Waals surface area contributed by atoms with Gasteiger partial charge in [-0.25, -0.2) is 0 Å². The highest BCUT2D eigenvalue weighted by molar-refractivity contribution is 5.97. The lowest BCUT2D eigenvalue weighted by Crippen LogP contribution is -2.03. The summed E-state index contributed by atoms with van der Waals surface area (Å²) in [5, 5.41) is 31.4. The van der Waals surface area contributed by atoms with E-state index in [1.54, 1.807) is 30.3 Å². The molecule has 0 saturated carbocycles. The van der Waals surface area contributed by atoms with Gasteiger partial charge in [-0.15, -0.1) is 0 Å². The minimum atomic E-state index is -0.505. The van der Waals surface area contributed by atoms with Gasteiger partial charge in [0.15, 0.2) is 10.9 Å². The van der Waals surface area contributed by atoms with Crippen LogP contribution in [0.15, 0.2) is 91.2 Å². The molecule has 3 N–H and O–H groups in total. The molecule has 10 nitrogen and oxygen atoms in total. The SMILES string of the molecule is COc1cc(O)c2c(=O)cc(-c3ccc(OC)c(-c4c(OC)cc5oc(-c6ccc(O)cc6)cc(=O)c5c4O)c3)oc2c1. The molecular formula is C33H24O10. The summed E-state index contributed by atoms with van der Waals surface area (Å²) in [6, 6.07) is 17.9. The van der Waals surface area contributed by atoms with Crippen LogP contribution in [0.4, 0.5) is 0 Å². The topological polar surface area (TPSA) is 149 Å². The minimum absolute atomic E-state index is 0.00512. The summed E-state index contributed by atoms with van der Waals surface area (Å²) in [6.07, 6.45) is 0. The summed E-state index contributed by atoms with van der Waals surface area (Å²) in [4.78, 5) is 26.3. The number of benzene rings is 4. The van der Waals surface area contributed by atoms with E-state index < -0.39 is 16.6 Å². The van der Waals surface area contributed by atoms with Crippen molar-refractivity contribution >= 4 is 21.9 Å². The monoisotopic (exact) mass is 580 g/mol. The first-order chi connectivity index (χ1) is 20.7. The van der Waals surface area contributed by atoms with Crippen LogP contribution in [-0.4, -0.2) is 36.6 Å². The van der Waals surface area contributed by atoms with Crippen molar-refractivity contribution < 1.29 is 38.4 Å². The molecule has 0 atom stereocenters. The van der Waals surface area contributed by atoms with Crippen molar-refractivity contribution in [1.29, 1.82) is 0 Å². The second kappa shape index (κ2) is 10.5. The second-order valence-electron chi connectivity index (χ2n) is 9.61. The third kappa shape index (κ3) is 4.64. The van der Waals surface area contributed by atoms with Gasteiger partial charge in [-0.2, -0.15) is 0 Å². The zero-order valence-corrected chi connectivity index (χ0v) is 23.1. The van der Waals surface area contributed by atoms with E-state index in [2.05, 4.69) is 0 Å². The Morgan fingerprint density at radius 2 is 1.21 bits per heavy atom. The Morgan fingerprint density at radius 1 is 0.605 bits per heavy atom. The first-order valence-electron chi connectivity index (χ1n) is 12.9. The number of hydrogen-bond acceptors (Lipinski definition) is 10. The first-order valence-corrected chi connectivity index (χ1v) is 12.9. The summed E-state index contributed by atoms with van der Waals surface area (Å²) < 4.78 is 28.4. The average Bonchev–Trinajstić information content (AvgIpc) is 3.00. The van der Waals surface area contributed by atoms with E-state index in [0.29, 0.717) is 28.2 Å². The lowest BCUT2D eigenvalue weighted by Gasteiger charge is -2.17. The fourth-order valence-corrected chi connectivity index (χ4v) is 5.03. The van der Waals surface area contributed by atoms with Crippen LogP contribution >= 0.6 is 0 Å². The lowest BCUT2D eigenvalue weighted by atomic mass is 9.96. The molecular weight excluding hydrogens is 556 g/mol. The van der Waals surface area contributed by atoms with E-state index in [1.807, 2.05) is 0 Å². The van der Waals surface area contributed by atoms with Crippen molar-refractivity contribution in [1.82, 2.24) is 0 Å². The number of hydrogen-bond donors (Lipinski definition) is 3. The quantitative estimate of drug-likeness (QED) is 0.213. The summed E-state index contributed by atoms with van der Waals surface area (Å²) in [7, 11) is 4.29. The van der Waals surface area contributed by atoms with Gasteiger partial charge in [-0.3, -0.25) is 9.59 Å². The molecule has 2 aromatic heterocycles. The largest absolute Gasteiger partial charge is 0.508 e. The highest BCUT2D eigenvalue weighted by Crippen LogP contribution is 2.47. The zero-order valence-electron chi connectivity index (χ0n) is 23.1. The summed E-state index contributed by atoms with van der Waals surface area (Å²) in [5.41, 5.74) is 0.709. The Balaban J connectivity index is 1.56. The van der Waals surface area contributed by atoms with E-state index in [-0.39, 0.29) is 56.3 Å². The number of phenols is 3. The maximum absolute atomic E-state index is 13.3. The van der Waals surface area contributed by atoms with Crippen LogP contribution in [-0.2, 0) is 0 Å². The Morgan fingerprint density at radius 3 is 1.86 bits per heavy atom. The molecule has 6 rings (SSSR count). The highest BCUT2D eigenvalue weighted by atomic mass is 16.5. The number of methoxy groups -OCH3 is 3. The number of rotatable bonds is 6. The van der Waals surface area contributed by atoms with E-state index in [0.717, 1.165) is 0 Å². The van der Waals surface area contributed by atoms with Gasteiger partial charge in [-0.05, 0) is 42.5 Å². The molecule has 0 spiro atoms. The molecule has 0 unspecified atom stereocenters. The van der Waals surface area contributed by atoms with Crippen LogP contribution < -0.4 is 25.1 Å². The molecule has 216 valence electrons. The Bertz CT molecular complexity index is 2160. The van der Waals surface area contributed by atoms with Crippen LogP contribution in [0.3, 0.4) is 0 Å². The average molecular weight is 581 g/mol. The highest BCUT2D eigenvalue weighted by Gasteiger charge is 2.24. The van der Waals surface area contributed by atoms with Crippen molar-refractivity contribution in [3.8, 4) is 68.3 Å². The first kappa shape index (κ1) is 27.3. The van der Waals surface area contributed by atoms with Gasteiger partial charge < -0.3 is 38.4 Å². The molecule has 4 aromatic carbocycles. The van der Waals surface area contributed by atoms with E-state index in [1.165, 1.54) is 63.8 Å². The van der Waals surface area contributed by atoms with Gasteiger partial charge >= 0.3 is 0 Å². The van der Waals surface area contributed by atoms with E-state index in [9.17, 15) is 24.9 Å². The third-order valence-corrected chi connectivity index (χ3v) is 7.10. The van der Waals surface area contributed by atoms with Crippen LogP contribution in [0.5, 0.6) is 34.5 Å². The lowest BCUT2D eigenvalue weighted by molar-refractivity contribution is 0.405. The van der Waals surface area contributed by atoms with Crippen molar-refractivity contribution in [3.63, 3.8) is 0 Å². The van der Waals surface area contributed by atoms with Crippen molar-refractivity contribution in [2.75, 3.05) is 21.3 Å². The molecule has 6 aromatic rings. The third-order valence-electron chi connectivity index (χ3n) is 7.10. The number of phenolic OH excluding ortho intramolecular Hbond substituents is 3. The van der Waals surface area contributed by atoms with Gasteiger partial charge in [0.05, 0.1) is 26.9 Å². The normalized spacial score (nSPS) is 11.1. The summed E-state index contributed by atoms with van der Waals surface area (Å²) in [5.74, 6) is 0.623. The Labute approximate surface area is 243 Å². The molecule has 0 aliphatic rings. The molecule has 0 aliphatic heterocycles. The smallest absolute Gasteiger partial charge is 0.197 e. The Kier molecular flexibility index (Phi) is 6.66. The molecule has 0 saturated heterocycles. The molecule has 0 amide bonds. The molecule has 0 bridgehead atoms. The fourth-order valence-electron chi connectivity index (χ4n) is 5.03. The molecule has 0 fully saturated rings. The fraction of sp³-hybridized carbons (Fsp3) is 0.0909. The summed E-state index contributed by atoms with van der Waals surface area (Å²) in [6.45, 7) is 0. The van der Waals surface area contributed by atoms with Gasteiger partial charge in [0.2, 0.25) is 0 Å². The van der Waals surface area contributed by atoms with E-state index in [4.69, 9.17) is 23.0 Å².